The van der Waals surface area contributed by atoms with Crippen LogP contribution in [0.25, 0.3) is 0 Å². The van der Waals surface area contributed by atoms with Crippen LogP contribution in [0.1, 0.15) is 17.2 Å². The summed E-state index contributed by atoms with van der Waals surface area (Å²) in [5.74, 6) is 1.14. The van der Waals surface area contributed by atoms with Crippen LogP contribution in [-0.2, 0) is 6.54 Å². The second-order valence-electron chi connectivity index (χ2n) is 4.82. The van der Waals surface area contributed by atoms with Crippen molar-refractivity contribution in [3.8, 4) is 11.5 Å². The predicted octanol–water partition coefficient (Wildman–Crippen LogP) is 1.91. The second kappa shape index (κ2) is 6.45. The summed E-state index contributed by atoms with van der Waals surface area (Å²) in [5, 5.41) is 10.3. The van der Waals surface area contributed by atoms with Crippen LogP contribution in [0.15, 0.2) is 41.3 Å². The molecule has 0 saturated carbocycles. The van der Waals surface area contributed by atoms with E-state index in [0.717, 1.165) is 5.56 Å². The summed E-state index contributed by atoms with van der Waals surface area (Å²) in [6.45, 7) is 2.05. The molecular weight excluding hydrogens is 270 g/mol. The van der Waals surface area contributed by atoms with Gasteiger partial charge in [-0.15, -0.1) is 0 Å². The highest BCUT2D eigenvalue weighted by atomic mass is 16.5. The number of aliphatic hydroxyl groups is 1. The number of hydrogen-bond acceptors (Lipinski definition) is 4. The Morgan fingerprint density at radius 2 is 1.86 bits per heavy atom. The first kappa shape index (κ1) is 15.1. The van der Waals surface area contributed by atoms with Crippen molar-refractivity contribution >= 4 is 0 Å². The summed E-state index contributed by atoms with van der Waals surface area (Å²) in [6.07, 6.45) is 0.881. The number of aliphatic hydroxyl groups excluding tert-OH is 1. The molecule has 1 N–H and O–H groups in total. The zero-order valence-electron chi connectivity index (χ0n) is 12.4. The monoisotopic (exact) mass is 289 g/mol. The zero-order chi connectivity index (χ0) is 15.4. The molecule has 1 atom stereocenters. The van der Waals surface area contributed by atoms with Crippen LogP contribution in [-0.4, -0.2) is 23.9 Å². The van der Waals surface area contributed by atoms with E-state index in [9.17, 15) is 9.90 Å². The van der Waals surface area contributed by atoms with Gasteiger partial charge in [-0.3, -0.25) is 4.79 Å². The lowest BCUT2D eigenvalue weighted by molar-refractivity contribution is 0.154. The van der Waals surface area contributed by atoms with Crippen molar-refractivity contribution in [1.29, 1.82) is 0 Å². The van der Waals surface area contributed by atoms with Crippen LogP contribution in [0.4, 0.5) is 0 Å². The molecule has 0 fully saturated rings. The van der Waals surface area contributed by atoms with Crippen molar-refractivity contribution in [2.75, 3.05) is 14.2 Å². The van der Waals surface area contributed by atoms with Crippen LogP contribution in [0.2, 0.25) is 0 Å². The lowest BCUT2D eigenvalue weighted by atomic mass is 10.1. The fraction of sp³-hybridized carbons (Fsp3) is 0.312. The molecule has 112 valence electrons. The predicted molar refractivity (Wildman–Crippen MR) is 79.9 cm³/mol. The molecule has 5 nitrogen and oxygen atoms in total. The van der Waals surface area contributed by atoms with Crippen molar-refractivity contribution in [3.63, 3.8) is 0 Å². The Balaban J connectivity index is 2.24. The molecule has 0 radical (unpaired) electrons. The molecule has 0 aliphatic rings. The maximum absolute atomic E-state index is 11.8. The number of methoxy groups -OCH3 is 2. The van der Waals surface area contributed by atoms with Crippen LogP contribution >= 0.6 is 0 Å². The molecule has 1 unspecified atom stereocenters. The second-order valence-corrected chi connectivity index (χ2v) is 4.82. The Labute approximate surface area is 123 Å². The van der Waals surface area contributed by atoms with E-state index in [1.54, 1.807) is 44.7 Å². The van der Waals surface area contributed by atoms with Crippen LogP contribution in [0, 0.1) is 6.92 Å². The Morgan fingerprint density at radius 1 is 1.14 bits per heavy atom. The molecule has 2 rings (SSSR count). The van der Waals surface area contributed by atoms with Gasteiger partial charge in [0.25, 0.3) is 5.56 Å². The molecule has 2 aromatic rings. The van der Waals surface area contributed by atoms with Gasteiger partial charge in [0.15, 0.2) is 11.5 Å². The average molecular weight is 289 g/mol. The van der Waals surface area contributed by atoms with Gasteiger partial charge < -0.3 is 19.1 Å². The number of aromatic nitrogens is 1. The Kier molecular flexibility index (Phi) is 4.65. The third-order valence-electron chi connectivity index (χ3n) is 3.31. The minimum Gasteiger partial charge on any atom is -0.493 e. The molecule has 0 aliphatic heterocycles. The van der Waals surface area contributed by atoms with E-state index in [-0.39, 0.29) is 12.1 Å². The quantitative estimate of drug-likeness (QED) is 0.913. The molecule has 0 aliphatic carbocycles. The maximum atomic E-state index is 11.8. The summed E-state index contributed by atoms with van der Waals surface area (Å²) in [6, 6.07) is 8.58. The number of pyridine rings is 1. The van der Waals surface area contributed by atoms with E-state index in [1.165, 1.54) is 4.57 Å². The smallest absolute Gasteiger partial charge is 0.250 e. The van der Waals surface area contributed by atoms with Gasteiger partial charge in [-0.1, -0.05) is 6.07 Å². The fourth-order valence-corrected chi connectivity index (χ4v) is 2.11. The molecule has 1 aromatic heterocycles. The van der Waals surface area contributed by atoms with Crippen LogP contribution in [0.3, 0.4) is 0 Å². The van der Waals surface area contributed by atoms with Gasteiger partial charge in [0.2, 0.25) is 0 Å². The topological polar surface area (TPSA) is 60.7 Å². The van der Waals surface area contributed by atoms with Crippen molar-refractivity contribution in [2.45, 2.75) is 19.6 Å². The number of ether oxygens (including phenoxy) is 2. The zero-order valence-corrected chi connectivity index (χ0v) is 12.4. The summed E-state index contributed by atoms with van der Waals surface area (Å²) >= 11 is 0. The first-order valence-electron chi connectivity index (χ1n) is 6.62. The van der Waals surface area contributed by atoms with Crippen LogP contribution in [0.5, 0.6) is 11.5 Å². The van der Waals surface area contributed by atoms with E-state index in [2.05, 4.69) is 0 Å². The van der Waals surface area contributed by atoms with Gasteiger partial charge in [0, 0.05) is 12.3 Å². The van der Waals surface area contributed by atoms with Crippen molar-refractivity contribution < 1.29 is 14.6 Å². The SMILES string of the molecule is COc1ccc(C(O)Cn2ccc(C)cc2=O)cc1OC. The molecule has 0 bridgehead atoms. The average Bonchev–Trinajstić information content (AvgIpc) is 2.49. The highest BCUT2D eigenvalue weighted by Crippen LogP contribution is 2.30. The van der Waals surface area contributed by atoms with Gasteiger partial charge in [-0.05, 0) is 36.2 Å². The standard InChI is InChI=1S/C16H19NO4/c1-11-6-7-17(16(19)8-11)10-13(18)12-4-5-14(20-2)15(9-12)21-3/h4-9,13,18H,10H2,1-3H3. The highest BCUT2D eigenvalue weighted by molar-refractivity contribution is 5.43. The Morgan fingerprint density at radius 3 is 2.48 bits per heavy atom. The lowest BCUT2D eigenvalue weighted by Crippen LogP contribution is -2.22. The molecule has 0 amide bonds. The summed E-state index contributed by atoms with van der Waals surface area (Å²) in [5.41, 5.74) is 1.44. The van der Waals surface area contributed by atoms with E-state index >= 15 is 0 Å². The molecule has 1 aromatic carbocycles. The number of aryl methyl sites for hydroxylation is 1. The first-order chi connectivity index (χ1) is 10.0. The molecule has 21 heavy (non-hydrogen) atoms. The maximum Gasteiger partial charge on any atom is 0.250 e. The number of hydrogen-bond donors (Lipinski definition) is 1. The van der Waals surface area contributed by atoms with E-state index in [0.29, 0.717) is 17.1 Å². The Bertz CT molecular complexity index is 678. The van der Waals surface area contributed by atoms with Gasteiger partial charge in [0.1, 0.15) is 0 Å². The highest BCUT2D eigenvalue weighted by Gasteiger charge is 2.13. The number of benzene rings is 1. The van der Waals surface area contributed by atoms with Crippen molar-refractivity contribution in [2.24, 2.45) is 0 Å². The molecule has 0 saturated heterocycles. The summed E-state index contributed by atoms with van der Waals surface area (Å²) in [4.78, 5) is 11.8. The molecule has 5 heteroatoms. The van der Waals surface area contributed by atoms with Gasteiger partial charge >= 0.3 is 0 Å². The van der Waals surface area contributed by atoms with Gasteiger partial charge in [-0.25, -0.2) is 0 Å². The third-order valence-corrected chi connectivity index (χ3v) is 3.31. The molecular formula is C16H19NO4. The van der Waals surface area contributed by atoms with E-state index in [1.807, 2.05) is 13.0 Å². The normalized spacial score (nSPS) is 12.0. The largest absolute Gasteiger partial charge is 0.493 e. The lowest BCUT2D eigenvalue weighted by Gasteiger charge is -2.15. The molecule has 0 spiro atoms. The molecule has 1 heterocycles. The van der Waals surface area contributed by atoms with E-state index in [4.69, 9.17) is 9.47 Å². The van der Waals surface area contributed by atoms with Gasteiger partial charge in [-0.2, -0.15) is 0 Å². The summed E-state index contributed by atoms with van der Waals surface area (Å²) in [7, 11) is 3.10. The van der Waals surface area contributed by atoms with E-state index < -0.39 is 6.10 Å². The van der Waals surface area contributed by atoms with Crippen molar-refractivity contribution in [1.82, 2.24) is 4.57 Å². The Hall–Kier alpha value is -2.27. The number of nitrogens with zero attached hydrogens (tertiary/aromatic N) is 1. The number of rotatable bonds is 5. The van der Waals surface area contributed by atoms with Gasteiger partial charge in [0.05, 0.1) is 26.9 Å². The fourth-order valence-electron chi connectivity index (χ4n) is 2.11. The summed E-state index contributed by atoms with van der Waals surface area (Å²) < 4.78 is 11.9. The third kappa shape index (κ3) is 3.44. The van der Waals surface area contributed by atoms with Crippen LogP contribution < -0.4 is 15.0 Å². The minimum atomic E-state index is -0.801. The minimum absolute atomic E-state index is 0.130. The first-order valence-corrected chi connectivity index (χ1v) is 6.62. The van der Waals surface area contributed by atoms with Crippen molar-refractivity contribution in [3.05, 3.63) is 58.0 Å².